The van der Waals surface area contributed by atoms with E-state index in [-0.39, 0.29) is 35.7 Å². The highest BCUT2D eigenvalue weighted by Crippen LogP contribution is 2.31. The standard InChI is InChI=1S/C23H30FN5O5/c1-7-29(8-2)22(32)28-23(4,5)21-26-17(18(34-14(3)30)20(27-21)33-6)19(31)25-13-15-9-11-16(24)12-10-15/h9-12H,7-8,13H2,1-6H3,(H,25,31)(H,28,32). The third-order valence-electron chi connectivity index (χ3n) is 4.88. The number of methoxy groups -OCH3 is 1. The van der Waals surface area contributed by atoms with Gasteiger partial charge in [0.1, 0.15) is 5.82 Å². The second kappa shape index (κ2) is 11.4. The number of ether oxygens (including phenoxy) is 2. The number of rotatable bonds is 9. The third kappa shape index (κ3) is 6.63. The van der Waals surface area contributed by atoms with E-state index in [2.05, 4.69) is 20.6 Å². The number of nitrogens with zero attached hydrogens (tertiary/aromatic N) is 3. The first-order chi connectivity index (χ1) is 16.0. The van der Waals surface area contributed by atoms with Gasteiger partial charge >= 0.3 is 12.0 Å². The maximum atomic E-state index is 13.2. The highest BCUT2D eigenvalue weighted by molar-refractivity contribution is 5.96. The van der Waals surface area contributed by atoms with Gasteiger partial charge in [-0.2, -0.15) is 4.98 Å². The number of aromatic nitrogens is 2. The van der Waals surface area contributed by atoms with Gasteiger partial charge in [-0.15, -0.1) is 0 Å². The molecule has 1 aromatic carbocycles. The van der Waals surface area contributed by atoms with Crippen molar-refractivity contribution < 1.29 is 28.2 Å². The quantitative estimate of drug-likeness (QED) is 0.535. The number of esters is 1. The Morgan fingerprint density at radius 3 is 2.24 bits per heavy atom. The molecule has 0 fully saturated rings. The topological polar surface area (TPSA) is 123 Å². The minimum Gasteiger partial charge on any atom is -0.478 e. The first-order valence-electron chi connectivity index (χ1n) is 10.8. The summed E-state index contributed by atoms with van der Waals surface area (Å²) >= 11 is 0. The summed E-state index contributed by atoms with van der Waals surface area (Å²) in [6.07, 6.45) is 0. The van der Waals surface area contributed by atoms with E-state index in [9.17, 15) is 18.8 Å². The van der Waals surface area contributed by atoms with Crippen LogP contribution in [0.25, 0.3) is 0 Å². The number of hydrogen-bond acceptors (Lipinski definition) is 7. The zero-order chi connectivity index (χ0) is 25.5. The number of urea groups is 1. The minimum atomic E-state index is -1.10. The van der Waals surface area contributed by atoms with Gasteiger partial charge in [0.05, 0.1) is 12.6 Å². The van der Waals surface area contributed by atoms with E-state index in [0.29, 0.717) is 18.7 Å². The smallest absolute Gasteiger partial charge is 0.318 e. The van der Waals surface area contributed by atoms with Crippen molar-refractivity contribution >= 4 is 17.9 Å². The van der Waals surface area contributed by atoms with E-state index in [0.717, 1.165) is 0 Å². The molecule has 3 amide bonds. The van der Waals surface area contributed by atoms with Gasteiger partial charge in [0.25, 0.3) is 11.8 Å². The van der Waals surface area contributed by atoms with Gasteiger partial charge in [-0.1, -0.05) is 12.1 Å². The van der Waals surface area contributed by atoms with Crippen molar-refractivity contribution in [2.75, 3.05) is 20.2 Å². The number of nitrogens with one attached hydrogen (secondary N) is 2. The molecule has 0 aliphatic heterocycles. The van der Waals surface area contributed by atoms with Gasteiger partial charge in [-0.3, -0.25) is 9.59 Å². The summed E-state index contributed by atoms with van der Waals surface area (Å²) in [7, 11) is 1.31. The molecule has 2 aromatic rings. The Bertz CT molecular complexity index is 1040. The van der Waals surface area contributed by atoms with Crippen molar-refractivity contribution in [2.45, 2.75) is 46.7 Å². The SMILES string of the molecule is CCN(CC)C(=O)NC(C)(C)c1nc(OC)c(OC(C)=O)c(C(=O)NCc2ccc(F)cc2)n1. The van der Waals surface area contributed by atoms with Gasteiger partial charge in [0.15, 0.2) is 11.5 Å². The molecule has 2 rings (SSSR count). The van der Waals surface area contributed by atoms with Crippen molar-refractivity contribution in [1.82, 2.24) is 25.5 Å². The van der Waals surface area contributed by atoms with Crippen LogP contribution >= 0.6 is 0 Å². The molecule has 0 saturated heterocycles. The molecular formula is C23H30FN5O5. The van der Waals surface area contributed by atoms with Crippen molar-refractivity contribution in [2.24, 2.45) is 0 Å². The van der Waals surface area contributed by atoms with Crippen LogP contribution in [0.5, 0.6) is 11.6 Å². The van der Waals surface area contributed by atoms with Gasteiger partial charge in [-0.25, -0.2) is 14.2 Å². The lowest BCUT2D eigenvalue weighted by atomic mass is 10.0. The summed E-state index contributed by atoms with van der Waals surface area (Å²) in [6.45, 7) is 9.31. The molecular weight excluding hydrogens is 445 g/mol. The molecule has 0 unspecified atom stereocenters. The molecule has 2 N–H and O–H groups in total. The predicted molar refractivity (Wildman–Crippen MR) is 122 cm³/mol. The van der Waals surface area contributed by atoms with Crippen molar-refractivity contribution in [3.05, 3.63) is 47.2 Å². The molecule has 11 heteroatoms. The molecule has 0 spiro atoms. The second-order valence-electron chi connectivity index (χ2n) is 7.86. The largest absolute Gasteiger partial charge is 0.478 e. The first-order valence-corrected chi connectivity index (χ1v) is 10.8. The number of carbonyl (C=O) groups excluding carboxylic acids is 3. The Morgan fingerprint density at radius 1 is 1.09 bits per heavy atom. The van der Waals surface area contributed by atoms with E-state index in [4.69, 9.17) is 9.47 Å². The molecule has 0 saturated carbocycles. The molecule has 10 nitrogen and oxygen atoms in total. The maximum Gasteiger partial charge on any atom is 0.318 e. The van der Waals surface area contributed by atoms with Crippen LogP contribution in [0.4, 0.5) is 9.18 Å². The minimum absolute atomic E-state index is 0.0718. The van der Waals surface area contributed by atoms with Crippen LogP contribution in [0, 0.1) is 5.82 Å². The average Bonchev–Trinajstić information content (AvgIpc) is 2.78. The molecule has 34 heavy (non-hydrogen) atoms. The Balaban J connectivity index is 2.44. The predicted octanol–water partition coefficient (Wildman–Crippen LogP) is 2.77. The van der Waals surface area contributed by atoms with Gasteiger partial charge in [0, 0.05) is 26.6 Å². The highest BCUT2D eigenvalue weighted by Gasteiger charge is 2.32. The number of benzene rings is 1. The van der Waals surface area contributed by atoms with Gasteiger partial charge in [-0.05, 0) is 45.4 Å². The number of carbonyl (C=O) groups is 3. The zero-order valence-electron chi connectivity index (χ0n) is 20.2. The van der Waals surface area contributed by atoms with Crippen LogP contribution in [-0.2, 0) is 16.9 Å². The molecule has 0 radical (unpaired) electrons. The van der Waals surface area contributed by atoms with Crippen LogP contribution < -0.4 is 20.1 Å². The van der Waals surface area contributed by atoms with Crippen molar-refractivity contribution in [3.63, 3.8) is 0 Å². The Labute approximate surface area is 197 Å². The van der Waals surface area contributed by atoms with E-state index < -0.39 is 23.2 Å². The van der Waals surface area contributed by atoms with E-state index in [1.165, 1.54) is 38.3 Å². The monoisotopic (exact) mass is 475 g/mol. The number of halogens is 1. The normalized spacial score (nSPS) is 10.9. The summed E-state index contributed by atoms with van der Waals surface area (Å²) in [6, 6.07) is 5.28. The van der Waals surface area contributed by atoms with Crippen LogP contribution in [0.15, 0.2) is 24.3 Å². The number of hydrogen-bond donors (Lipinski definition) is 2. The second-order valence-corrected chi connectivity index (χ2v) is 7.86. The van der Waals surface area contributed by atoms with Crippen LogP contribution in [0.1, 0.15) is 56.5 Å². The summed E-state index contributed by atoms with van der Waals surface area (Å²) < 4.78 is 23.6. The maximum absolute atomic E-state index is 13.2. The van der Waals surface area contributed by atoms with Crippen LogP contribution in [0.2, 0.25) is 0 Å². The third-order valence-corrected chi connectivity index (χ3v) is 4.88. The van der Waals surface area contributed by atoms with Crippen molar-refractivity contribution in [3.8, 4) is 11.6 Å². The van der Waals surface area contributed by atoms with Gasteiger partial charge in [0.2, 0.25) is 5.75 Å². The van der Waals surface area contributed by atoms with Crippen LogP contribution in [0.3, 0.4) is 0 Å². The van der Waals surface area contributed by atoms with E-state index >= 15 is 0 Å². The van der Waals surface area contributed by atoms with Crippen molar-refractivity contribution in [1.29, 1.82) is 0 Å². The lowest BCUT2D eigenvalue weighted by molar-refractivity contribution is -0.132. The van der Waals surface area contributed by atoms with E-state index in [1.807, 2.05) is 13.8 Å². The molecule has 1 aromatic heterocycles. The Kier molecular flexibility index (Phi) is 8.88. The van der Waals surface area contributed by atoms with Crippen LogP contribution in [-0.4, -0.2) is 53.0 Å². The Hall–Kier alpha value is -3.76. The summed E-state index contributed by atoms with van der Waals surface area (Å²) in [5, 5.41) is 5.51. The fraction of sp³-hybridized carbons (Fsp3) is 0.435. The summed E-state index contributed by atoms with van der Waals surface area (Å²) in [4.78, 5) is 47.5. The lowest BCUT2D eigenvalue weighted by Crippen LogP contribution is -2.49. The van der Waals surface area contributed by atoms with E-state index in [1.54, 1.807) is 18.7 Å². The zero-order valence-corrected chi connectivity index (χ0v) is 20.2. The molecule has 0 atom stereocenters. The molecule has 0 aliphatic carbocycles. The fourth-order valence-electron chi connectivity index (χ4n) is 3.02. The summed E-state index contributed by atoms with van der Waals surface area (Å²) in [5.41, 5.74) is -0.700. The molecule has 1 heterocycles. The number of amides is 3. The average molecular weight is 476 g/mol. The lowest BCUT2D eigenvalue weighted by Gasteiger charge is -2.29. The molecule has 0 aliphatic rings. The first kappa shape index (κ1) is 26.5. The summed E-state index contributed by atoms with van der Waals surface area (Å²) in [5.74, 6) is -2.08. The van der Waals surface area contributed by atoms with Gasteiger partial charge < -0.3 is 25.0 Å². The molecule has 184 valence electrons. The fourth-order valence-corrected chi connectivity index (χ4v) is 3.02. The molecule has 0 bridgehead atoms. The highest BCUT2D eigenvalue weighted by atomic mass is 19.1. The Morgan fingerprint density at radius 2 is 1.71 bits per heavy atom.